The summed E-state index contributed by atoms with van der Waals surface area (Å²) in [6, 6.07) is 9.10. The fraction of sp³-hybridized carbons (Fsp3) is 0.550. The van der Waals surface area contributed by atoms with Gasteiger partial charge in [0.15, 0.2) is 0 Å². The molecule has 4 nitrogen and oxygen atoms in total. The quantitative estimate of drug-likeness (QED) is 0.908. The van der Waals surface area contributed by atoms with Crippen LogP contribution in [0.25, 0.3) is 10.9 Å². The van der Waals surface area contributed by atoms with Gasteiger partial charge in [0.1, 0.15) is 4.90 Å². The molecule has 0 aliphatic heterocycles. The van der Waals surface area contributed by atoms with Gasteiger partial charge in [-0.2, -0.15) is 0 Å². The summed E-state index contributed by atoms with van der Waals surface area (Å²) in [7, 11) is -3.54. The predicted molar refractivity (Wildman–Crippen MR) is 97.5 cm³/mol. The van der Waals surface area contributed by atoms with Gasteiger partial charge in [0.05, 0.1) is 5.52 Å². The second kappa shape index (κ2) is 5.52. The lowest BCUT2D eigenvalue weighted by Gasteiger charge is -2.56. The van der Waals surface area contributed by atoms with E-state index in [-0.39, 0.29) is 5.41 Å². The minimum Gasteiger partial charge on any atom is -0.255 e. The molecule has 4 fully saturated rings. The predicted octanol–water partition coefficient (Wildman–Crippen LogP) is 3.73. The summed E-state index contributed by atoms with van der Waals surface area (Å²) in [5.74, 6) is 2.49. The number of hydrogen-bond acceptors (Lipinski definition) is 3. The lowest BCUT2D eigenvalue weighted by atomic mass is 9.50. The van der Waals surface area contributed by atoms with Crippen molar-refractivity contribution in [1.82, 2.24) is 9.71 Å². The van der Waals surface area contributed by atoms with Crippen LogP contribution in [0.3, 0.4) is 0 Å². The first kappa shape index (κ1) is 15.8. The molecule has 0 spiro atoms. The minimum absolute atomic E-state index is 0.194. The van der Waals surface area contributed by atoms with Crippen LogP contribution >= 0.6 is 0 Å². The van der Waals surface area contributed by atoms with Crippen LogP contribution in [0.4, 0.5) is 0 Å². The maximum Gasteiger partial charge on any atom is 0.242 e. The average Bonchev–Trinajstić information content (AvgIpc) is 2.59. The molecule has 4 aliphatic rings. The highest BCUT2D eigenvalue weighted by Crippen LogP contribution is 2.59. The first-order chi connectivity index (χ1) is 12.0. The van der Waals surface area contributed by atoms with Crippen molar-refractivity contribution in [3.63, 3.8) is 0 Å². The molecule has 25 heavy (non-hydrogen) atoms. The molecule has 0 unspecified atom stereocenters. The van der Waals surface area contributed by atoms with Crippen molar-refractivity contribution in [2.75, 3.05) is 6.54 Å². The molecule has 1 aromatic carbocycles. The standard InChI is InChI=1S/C20H24N2O2S/c23-25(24,18-5-1-3-17-4-2-6-21-19(17)18)22-13-20-10-14-7-15(11-20)9-16(8-14)12-20/h1-6,14-16,22H,7-13H2. The van der Waals surface area contributed by atoms with E-state index in [4.69, 9.17) is 0 Å². The Labute approximate surface area is 149 Å². The zero-order chi connectivity index (χ0) is 17.1. The maximum absolute atomic E-state index is 13.0. The summed E-state index contributed by atoms with van der Waals surface area (Å²) in [4.78, 5) is 4.60. The van der Waals surface area contributed by atoms with Crippen molar-refractivity contribution in [3.05, 3.63) is 36.5 Å². The molecule has 0 radical (unpaired) electrons. The van der Waals surface area contributed by atoms with Gasteiger partial charge in [-0.15, -0.1) is 0 Å². The van der Waals surface area contributed by atoms with E-state index in [1.54, 1.807) is 18.3 Å². The third-order valence-corrected chi connectivity index (χ3v) is 8.12. The number of nitrogens with one attached hydrogen (secondary N) is 1. The van der Waals surface area contributed by atoms with Crippen molar-refractivity contribution in [1.29, 1.82) is 0 Å². The summed E-state index contributed by atoms with van der Waals surface area (Å²) in [5, 5.41) is 0.861. The fourth-order valence-electron chi connectivity index (χ4n) is 6.13. The van der Waals surface area contributed by atoms with Crippen molar-refractivity contribution in [3.8, 4) is 0 Å². The Morgan fingerprint density at radius 1 is 1.00 bits per heavy atom. The van der Waals surface area contributed by atoms with E-state index in [1.807, 2.05) is 18.2 Å². The highest BCUT2D eigenvalue weighted by atomic mass is 32.2. The van der Waals surface area contributed by atoms with Crippen LogP contribution in [-0.2, 0) is 10.0 Å². The molecular formula is C20H24N2O2S. The van der Waals surface area contributed by atoms with Gasteiger partial charge in [-0.1, -0.05) is 18.2 Å². The molecule has 5 heteroatoms. The lowest BCUT2D eigenvalue weighted by Crippen LogP contribution is -2.51. The maximum atomic E-state index is 13.0. The number of benzene rings is 1. The van der Waals surface area contributed by atoms with Crippen LogP contribution in [0, 0.1) is 23.2 Å². The molecule has 1 heterocycles. The topological polar surface area (TPSA) is 59.1 Å². The van der Waals surface area contributed by atoms with Crippen molar-refractivity contribution in [2.45, 2.75) is 43.4 Å². The zero-order valence-corrected chi connectivity index (χ0v) is 15.1. The highest BCUT2D eigenvalue weighted by molar-refractivity contribution is 7.89. The molecule has 1 aromatic heterocycles. The molecule has 4 saturated carbocycles. The Morgan fingerprint density at radius 3 is 2.32 bits per heavy atom. The van der Waals surface area contributed by atoms with Gasteiger partial charge < -0.3 is 0 Å². The second-order valence-corrected chi connectivity index (χ2v) is 10.3. The largest absolute Gasteiger partial charge is 0.255 e. The van der Waals surface area contributed by atoms with Gasteiger partial charge in [0, 0.05) is 18.1 Å². The number of nitrogens with zero attached hydrogens (tertiary/aromatic N) is 1. The highest BCUT2D eigenvalue weighted by Gasteiger charge is 2.50. The number of hydrogen-bond donors (Lipinski definition) is 1. The molecule has 1 N–H and O–H groups in total. The number of sulfonamides is 1. The average molecular weight is 356 g/mol. The first-order valence-electron chi connectivity index (χ1n) is 9.36. The SMILES string of the molecule is O=S(=O)(NCC12CC3CC(CC(C3)C1)C2)c1cccc2cccnc12. The van der Waals surface area contributed by atoms with Crippen LogP contribution in [0.5, 0.6) is 0 Å². The number of pyridine rings is 1. The van der Waals surface area contributed by atoms with Crippen LogP contribution in [-0.4, -0.2) is 19.9 Å². The van der Waals surface area contributed by atoms with Gasteiger partial charge >= 0.3 is 0 Å². The van der Waals surface area contributed by atoms with Crippen molar-refractivity contribution >= 4 is 20.9 Å². The minimum atomic E-state index is -3.54. The first-order valence-corrected chi connectivity index (χ1v) is 10.8. The normalized spacial score (nSPS) is 33.8. The molecule has 0 saturated heterocycles. The summed E-state index contributed by atoms with van der Waals surface area (Å²) in [6.45, 7) is 0.585. The molecular weight excluding hydrogens is 332 g/mol. The lowest BCUT2D eigenvalue weighted by molar-refractivity contribution is -0.0487. The number of aromatic nitrogens is 1. The van der Waals surface area contributed by atoms with E-state index in [9.17, 15) is 8.42 Å². The van der Waals surface area contributed by atoms with Gasteiger partial charge in [0.25, 0.3) is 0 Å². The monoisotopic (exact) mass is 356 g/mol. The van der Waals surface area contributed by atoms with E-state index in [2.05, 4.69) is 9.71 Å². The van der Waals surface area contributed by atoms with Gasteiger partial charge in [-0.3, -0.25) is 4.98 Å². The van der Waals surface area contributed by atoms with Crippen molar-refractivity contribution < 1.29 is 8.42 Å². The van der Waals surface area contributed by atoms with Crippen LogP contribution in [0.15, 0.2) is 41.4 Å². The third-order valence-electron chi connectivity index (χ3n) is 6.69. The smallest absolute Gasteiger partial charge is 0.242 e. The Balaban J connectivity index is 1.42. The van der Waals surface area contributed by atoms with Gasteiger partial charge in [-0.25, -0.2) is 13.1 Å². The molecule has 0 amide bonds. The number of fused-ring (bicyclic) bond motifs is 1. The molecule has 0 atom stereocenters. The fourth-order valence-corrected chi connectivity index (χ4v) is 7.46. The van der Waals surface area contributed by atoms with Crippen LogP contribution < -0.4 is 4.72 Å². The van der Waals surface area contributed by atoms with E-state index in [0.717, 1.165) is 23.1 Å². The zero-order valence-electron chi connectivity index (χ0n) is 14.3. The third kappa shape index (κ3) is 2.68. The van der Waals surface area contributed by atoms with Gasteiger partial charge in [-0.05, 0) is 73.8 Å². The molecule has 4 bridgehead atoms. The number of rotatable bonds is 4. The van der Waals surface area contributed by atoms with E-state index < -0.39 is 10.0 Å². The molecule has 6 rings (SSSR count). The molecule has 2 aromatic rings. The van der Waals surface area contributed by atoms with Crippen LogP contribution in [0.2, 0.25) is 0 Å². The molecule has 4 aliphatic carbocycles. The Hall–Kier alpha value is -1.46. The summed E-state index contributed by atoms with van der Waals surface area (Å²) >= 11 is 0. The van der Waals surface area contributed by atoms with Crippen LogP contribution in [0.1, 0.15) is 38.5 Å². The van der Waals surface area contributed by atoms with Crippen molar-refractivity contribution in [2.24, 2.45) is 23.2 Å². The Morgan fingerprint density at radius 2 is 1.64 bits per heavy atom. The van der Waals surface area contributed by atoms with E-state index >= 15 is 0 Å². The summed E-state index contributed by atoms with van der Waals surface area (Å²) in [5.41, 5.74) is 0.753. The van der Waals surface area contributed by atoms with E-state index in [1.165, 1.54) is 38.5 Å². The Kier molecular flexibility index (Phi) is 3.48. The number of para-hydroxylation sites is 1. The van der Waals surface area contributed by atoms with E-state index in [0.29, 0.717) is 17.0 Å². The summed E-state index contributed by atoms with van der Waals surface area (Å²) < 4.78 is 28.9. The Bertz CT molecular complexity index is 882. The molecule has 132 valence electrons. The second-order valence-electron chi connectivity index (χ2n) is 8.57. The van der Waals surface area contributed by atoms with Gasteiger partial charge in [0.2, 0.25) is 10.0 Å². The summed E-state index contributed by atoms with van der Waals surface area (Å²) in [6.07, 6.45) is 9.39.